The van der Waals surface area contributed by atoms with Crippen LogP contribution >= 0.6 is 0 Å². The first-order valence-corrected chi connectivity index (χ1v) is 7.87. The van der Waals surface area contributed by atoms with Crippen molar-refractivity contribution in [2.24, 2.45) is 0 Å². The zero-order valence-electron chi connectivity index (χ0n) is 12.8. The molecule has 0 saturated heterocycles. The number of hydrogen-bond donors (Lipinski definition) is 1. The molecule has 112 valence electrons. The van der Waals surface area contributed by atoms with E-state index in [0.29, 0.717) is 0 Å². The lowest BCUT2D eigenvalue weighted by Gasteiger charge is -2.36. The molecule has 0 spiro atoms. The number of nitrogens with zero attached hydrogens (tertiary/aromatic N) is 4. The van der Waals surface area contributed by atoms with E-state index in [0.717, 1.165) is 30.9 Å². The van der Waals surface area contributed by atoms with Crippen LogP contribution in [0.1, 0.15) is 50.4 Å². The maximum Gasteiger partial charge on any atom is 0.176 e. The second-order valence-electron chi connectivity index (χ2n) is 5.87. The van der Waals surface area contributed by atoms with Crippen molar-refractivity contribution in [2.75, 3.05) is 6.54 Å². The summed E-state index contributed by atoms with van der Waals surface area (Å²) in [6, 6.07) is 8.26. The predicted octanol–water partition coefficient (Wildman–Crippen LogP) is 2.74. The van der Waals surface area contributed by atoms with Gasteiger partial charge in [0.2, 0.25) is 0 Å². The highest BCUT2D eigenvalue weighted by Gasteiger charge is 2.38. The topological polar surface area (TPSA) is 55.6 Å². The van der Waals surface area contributed by atoms with E-state index < -0.39 is 0 Å². The molecule has 1 aliphatic carbocycles. The van der Waals surface area contributed by atoms with Gasteiger partial charge in [0.15, 0.2) is 5.82 Å². The van der Waals surface area contributed by atoms with Gasteiger partial charge in [-0.1, -0.05) is 44.4 Å². The molecule has 1 saturated carbocycles. The Hall–Kier alpha value is -1.75. The van der Waals surface area contributed by atoms with Gasteiger partial charge in [0.25, 0.3) is 0 Å². The highest BCUT2D eigenvalue weighted by molar-refractivity contribution is 5.40. The normalized spacial score (nSPS) is 17.8. The molecule has 3 rings (SSSR count). The summed E-state index contributed by atoms with van der Waals surface area (Å²) in [7, 11) is 0. The van der Waals surface area contributed by atoms with Crippen molar-refractivity contribution in [1.82, 2.24) is 25.5 Å². The standard InChI is InChI=1S/C16H23N5/c1-3-17-16(11-7-4-8-12-16)15-18-19-20-21(15)14-10-6-5-9-13(14)2/h5-6,9-10,17H,3-4,7-8,11-12H2,1-2H3. The number of aromatic nitrogens is 4. The molecule has 0 aliphatic heterocycles. The first-order chi connectivity index (χ1) is 10.3. The molecule has 5 heteroatoms. The summed E-state index contributed by atoms with van der Waals surface area (Å²) in [5, 5.41) is 16.3. The fraction of sp³-hybridized carbons (Fsp3) is 0.562. The molecular formula is C16H23N5. The van der Waals surface area contributed by atoms with E-state index >= 15 is 0 Å². The minimum absolute atomic E-state index is 0.0845. The molecule has 5 nitrogen and oxygen atoms in total. The number of aryl methyl sites for hydroxylation is 1. The van der Waals surface area contributed by atoms with Crippen molar-refractivity contribution in [3.63, 3.8) is 0 Å². The van der Waals surface area contributed by atoms with Gasteiger partial charge in [0, 0.05) is 0 Å². The van der Waals surface area contributed by atoms with E-state index in [1.54, 1.807) is 0 Å². The average molecular weight is 285 g/mol. The number of benzene rings is 1. The number of hydrogen-bond acceptors (Lipinski definition) is 4. The summed E-state index contributed by atoms with van der Waals surface area (Å²) in [5.41, 5.74) is 2.17. The van der Waals surface area contributed by atoms with Gasteiger partial charge in [-0.25, -0.2) is 0 Å². The van der Waals surface area contributed by atoms with Crippen LogP contribution in [-0.4, -0.2) is 26.8 Å². The Morgan fingerprint density at radius 2 is 1.95 bits per heavy atom. The summed E-state index contributed by atoms with van der Waals surface area (Å²) in [4.78, 5) is 0. The Balaban J connectivity index is 2.06. The largest absolute Gasteiger partial charge is 0.305 e. The molecule has 1 aromatic carbocycles. The molecule has 21 heavy (non-hydrogen) atoms. The van der Waals surface area contributed by atoms with Crippen LogP contribution in [0, 0.1) is 6.92 Å². The number of para-hydroxylation sites is 1. The smallest absolute Gasteiger partial charge is 0.176 e. The summed E-state index contributed by atoms with van der Waals surface area (Å²) in [5.74, 6) is 0.957. The molecule has 0 bridgehead atoms. The highest BCUT2D eigenvalue weighted by atomic mass is 15.6. The lowest BCUT2D eigenvalue weighted by molar-refractivity contribution is 0.220. The average Bonchev–Trinajstić information content (AvgIpc) is 2.99. The Kier molecular flexibility index (Phi) is 4.01. The van der Waals surface area contributed by atoms with E-state index in [4.69, 9.17) is 0 Å². The minimum atomic E-state index is -0.0845. The first kappa shape index (κ1) is 14.2. The molecule has 1 N–H and O–H groups in total. The van der Waals surface area contributed by atoms with Crippen LogP contribution in [0.3, 0.4) is 0 Å². The molecule has 2 aromatic rings. The third-order valence-corrected chi connectivity index (χ3v) is 4.46. The van der Waals surface area contributed by atoms with Crippen molar-refractivity contribution < 1.29 is 0 Å². The van der Waals surface area contributed by atoms with Crippen molar-refractivity contribution in [3.8, 4) is 5.69 Å². The lowest BCUT2D eigenvalue weighted by atomic mass is 9.80. The van der Waals surface area contributed by atoms with Crippen LogP contribution in [-0.2, 0) is 5.54 Å². The van der Waals surface area contributed by atoms with Gasteiger partial charge >= 0.3 is 0 Å². The Labute approximate surface area is 125 Å². The van der Waals surface area contributed by atoms with Crippen molar-refractivity contribution in [3.05, 3.63) is 35.7 Å². The SMILES string of the molecule is CCNC1(c2nnnn2-c2ccccc2C)CCCCC1. The van der Waals surface area contributed by atoms with E-state index in [1.807, 2.05) is 16.8 Å². The van der Waals surface area contributed by atoms with E-state index in [1.165, 1.54) is 24.8 Å². The molecule has 0 amide bonds. The van der Waals surface area contributed by atoms with Gasteiger partial charge < -0.3 is 5.32 Å². The fourth-order valence-corrected chi connectivity index (χ4v) is 3.42. The summed E-state index contributed by atoms with van der Waals surface area (Å²) in [6.45, 7) is 5.18. The maximum atomic E-state index is 4.39. The van der Waals surface area contributed by atoms with Gasteiger partial charge in [-0.3, -0.25) is 0 Å². The molecule has 0 unspecified atom stereocenters. The molecule has 1 aliphatic rings. The molecule has 1 aromatic heterocycles. The monoisotopic (exact) mass is 285 g/mol. The number of tetrazole rings is 1. The molecule has 0 atom stereocenters. The first-order valence-electron chi connectivity index (χ1n) is 7.87. The lowest BCUT2D eigenvalue weighted by Crippen LogP contribution is -2.46. The zero-order chi connectivity index (χ0) is 14.7. The van der Waals surface area contributed by atoms with Crippen molar-refractivity contribution >= 4 is 0 Å². The maximum absolute atomic E-state index is 4.39. The summed E-state index contributed by atoms with van der Waals surface area (Å²) >= 11 is 0. The van der Waals surface area contributed by atoms with Crippen molar-refractivity contribution in [1.29, 1.82) is 0 Å². The van der Waals surface area contributed by atoms with Gasteiger partial charge in [-0.05, 0) is 48.4 Å². The predicted molar refractivity (Wildman–Crippen MR) is 82.3 cm³/mol. The molecule has 1 fully saturated rings. The van der Waals surface area contributed by atoms with E-state index in [-0.39, 0.29) is 5.54 Å². The Morgan fingerprint density at radius 1 is 1.19 bits per heavy atom. The zero-order valence-corrected chi connectivity index (χ0v) is 12.8. The fourth-order valence-electron chi connectivity index (χ4n) is 3.42. The van der Waals surface area contributed by atoms with E-state index in [2.05, 4.69) is 46.8 Å². The quantitative estimate of drug-likeness (QED) is 0.938. The highest BCUT2D eigenvalue weighted by Crippen LogP contribution is 2.36. The summed E-state index contributed by atoms with van der Waals surface area (Å²) < 4.78 is 1.92. The second-order valence-corrected chi connectivity index (χ2v) is 5.87. The van der Waals surface area contributed by atoms with Crippen LogP contribution in [0.15, 0.2) is 24.3 Å². The van der Waals surface area contributed by atoms with Crippen LogP contribution < -0.4 is 5.32 Å². The number of nitrogens with one attached hydrogen (secondary N) is 1. The van der Waals surface area contributed by atoms with Crippen LogP contribution in [0.2, 0.25) is 0 Å². The van der Waals surface area contributed by atoms with E-state index in [9.17, 15) is 0 Å². The van der Waals surface area contributed by atoms with Gasteiger partial charge in [0.1, 0.15) is 0 Å². The second kappa shape index (κ2) is 5.93. The van der Waals surface area contributed by atoms with Gasteiger partial charge in [-0.2, -0.15) is 4.68 Å². The van der Waals surface area contributed by atoms with Gasteiger partial charge in [0.05, 0.1) is 11.2 Å². The van der Waals surface area contributed by atoms with Gasteiger partial charge in [-0.15, -0.1) is 5.10 Å². The van der Waals surface area contributed by atoms with Crippen LogP contribution in [0.25, 0.3) is 5.69 Å². The van der Waals surface area contributed by atoms with Crippen molar-refractivity contribution in [2.45, 2.75) is 51.5 Å². The number of rotatable bonds is 4. The Morgan fingerprint density at radius 3 is 2.67 bits per heavy atom. The van der Waals surface area contributed by atoms with Crippen LogP contribution in [0.5, 0.6) is 0 Å². The third kappa shape index (κ3) is 2.58. The minimum Gasteiger partial charge on any atom is -0.305 e. The Bertz CT molecular complexity index is 593. The van der Waals surface area contributed by atoms with Crippen LogP contribution in [0.4, 0.5) is 0 Å². The molecular weight excluding hydrogens is 262 g/mol. The molecule has 1 heterocycles. The third-order valence-electron chi connectivity index (χ3n) is 4.46. The summed E-state index contributed by atoms with van der Waals surface area (Å²) in [6.07, 6.45) is 5.97. The molecule has 0 radical (unpaired) electrons.